The minimum absolute atomic E-state index is 0.0695. The molecule has 1 N–H and O–H groups in total. The molecule has 6 rings (SSSR count). The van der Waals surface area contributed by atoms with Crippen LogP contribution in [-0.2, 0) is 16.0 Å². The van der Waals surface area contributed by atoms with Crippen LogP contribution in [0.3, 0.4) is 0 Å². The molecule has 9 nitrogen and oxygen atoms in total. The van der Waals surface area contributed by atoms with E-state index >= 15 is 0 Å². The molecular weight excluding hydrogens is 569 g/mol. The number of benzene rings is 3. The summed E-state index contributed by atoms with van der Waals surface area (Å²) in [5, 5.41) is 16.4. The molecule has 0 radical (unpaired) electrons. The lowest BCUT2D eigenvalue weighted by molar-refractivity contribution is -0.122. The van der Waals surface area contributed by atoms with Crippen LogP contribution in [0.25, 0.3) is 28.0 Å². The van der Waals surface area contributed by atoms with Crippen molar-refractivity contribution in [3.8, 4) is 16.9 Å². The Morgan fingerprint density at radius 1 is 1.00 bits per heavy atom. The second kappa shape index (κ2) is 13.6. The summed E-state index contributed by atoms with van der Waals surface area (Å²) in [4.78, 5) is 18.1. The van der Waals surface area contributed by atoms with E-state index in [4.69, 9.17) is 21.7 Å². The van der Waals surface area contributed by atoms with Crippen molar-refractivity contribution in [1.82, 2.24) is 30.4 Å². The summed E-state index contributed by atoms with van der Waals surface area (Å²) in [5.41, 5.74) is 3.03. The molecule has 2 aliphatic heterocycles. The number of hydrogen-bond acceptors (Lipinski definition) is 9. The fourth-order valence-corrected chi connectivity index (χ4v) is 6.43. The number of fused-ring (bicyclic) bond motifs is 1. The van der Waals surface area contributed by atoms with Crippen LogP contribution >= 0.6 is 24.0 Å². The number of carbonyl (C=O) groups excluding carboxylic acids is 1. The van der Waals surface area contributed by atoms with Crippen molar-refractivity contribution in [2.45, 2.75) is 19.3 Å². The van der Waals surface area contributed by atoms with Crippen LogP contribution in [0.1, 0.15) is 24.2 Å². The number of thiocarbonyl (C=S) groups is 1. The maximum atomic E-state index is 13.4. The van der Waals surface area contributed by atoms with Gasteiger partial charge in [-0.2, -0.15) is 5.21 Å². The average molecular weight is 601 g/mol. The fraction of sp³-hybridized carbons (Fsp3) is 0.323. The van der Waals surface area contributed by atoms with Crippen molar-refractivity contribution in [1.29, 1.82) is 0 Å². The van der Waals surface area contributed by atoms with E-state index in [1.807, 2.05) is 18.2 Å². The van der Waals surface area contributed by atoms with Gasteiger partial charge in [0.2, 0.25) is 0 Å². The van der Waals surface area contributed by atoms with Crippen LogP contribution in [-0.4, -0.2) is 86.7 Å². The highest BCUT2D eigenvalue weighted by Crippen LogP contribution is 2.36. The summed E-state index contributed by atoms with van der Waals surface area (Å²) in [6.45, 7) is 5.26. The first kappa shape index (κ1) is 28.5. The van der Waals surface area contributed by atoms with Crippen LogP contribution in [0.15, 0.2) is 65.6 Å². The molecule has 1 amide bonds. The molecule has 3 heterocycles. The molecule has 11 heteroatoms. The van der Waals surface area contributed by atoms with Gasteiger partial charge in [0.05, 0.1) is 18.1 Å². The smallest absolute Gasteiger partial charge is 0.266 e. The Bertz CT molecular complexity index is 1590. The maximum absolute atomic E-state index is 13.4. The third-order valence-electron chi connectivity index (χ3n) is 7.44. The number of hydrogen-bond donors (Lipinski definition) is 1. The van der Waals surface area contributed by atoms with E-state index in [0.29, 0.717) is 34.6 Å². The number of carbonyl (C=O) groups is 1. The fourth-order valence-electron chi connectivity index (χ4n) is 5.13. The standard InChI is InChI=1S/C31H32N6O3S2/c38-30-28(42-31(41)37(30)12-4-3-7-29-32-34-35-33-29)21-26-20-25(24-9-8-22-5-1-2-6-23(22)19-24)10-11-27(26)40-18-15-36-13-16-39-17-14-36/h1-2,5-6,8-11,19-21H,3-4,7,12-18H2,(H,32,33,34,35). The quantitative estimate of drug-likeness (QED) is 0.146. The van der Waals surface area contributed by atoms with Gasteiger partial charge in [0.1, 0.15) is 16.7 Å². The second-order valence-electron chi connectivity index (χ2n) is 10.2. The van der Waals surface area contributed by atoms with Crippen LogP contribution < -0.4 is 4.74 Å². The number of nitrogens with zero attached hydrogens (tertiary/aromatic N) is 5. The van der Waals surface area contributed by atoms with Gasteiger partial charge >= 0.3 is 0 Å². The molecule has 0 bridgehead atoms. The number of rotatable bonds is 11. The number of aryl methyl sites for hydroxylation is 1. The van der Waals surface area contributed by atoms with Gasteiger partial charge in [-0.15, -0.1) is 10.2 Å². The van der Waals surface area contributed by atoms with Gasteiger partial charge in [-0.25, -0.2) is 0 Å². The van der Waals surface area contributed by atoms with Gasteiger partial charge in [-0.1, -0.05) is 71.7 Å². The molecular formula is C31H32N6O3S2. The predicted octanol–water partition coefficient (Wildman–Crippen LogP) is 4.96. The van der Waals surface area contributed by atoms with Crippen LogP contribution in [0.4, 0.5) is 0 Å². The third-order valence-corrected chi connectivity index (χ3v) is 8.82. The van der Waals surface area contributed by atoms with Crippen molar-refractivity contribution in [2.75, 3.05) is 46.0 Å². The predicted molar refractivity (Wildman–Crippen MR) is 169 cm³/mol. The Morgan fingerprint density at radius 2 is 1.81 bits per heavy atom. The van der Waals surface area contributed by atoms with Gasteiger partial charge in [0.15, 0.2) is 5.82 Å². The number of aromatic nitrogens is 4. The lowest BCUT2D eigenvalue weighted by atomic mass is 9.99. The van der Waals surface area contributed by atoms with Crippen molar-refractivity contribution in [3.05, 3.63) is 77.0 Å². The largest absolute Gasteiger partial charge is 0.492 e. The lowest BCUT2D eigenvalue weighted by Crippen LogP contribution is -2.38. The van der Waals surface area contributed by atoms with Crippen molar-refractivity contribution in [3.63, 3.8) is 0 Å². The molecule has 4 aromatic rings. The first-order valence-electron chi connectivity index (χ1n) is 14.2. The maximum Gasteiger partial charge on any atom is 0.266 e. The highest BCUT2D eigenvalue weighted by atomic mass is 32.2. The van der Waals surface area contributed by atoms with E-state index in [2.05, 4.69) is 74.1 Å². The normalized spacial score (nSPS) is 17.0. The first-order valence-corrected chi connectivity index (χ1v) is 15.4. The van der Waals surface area contributed by atoms with E-state index in [1.54, 1.807) is 4.90 Å². The van der Waals surface area contributed by atoms with Crippen LogP contribution in [0.5, 0.6) is 5.75 Å². The second-order valence-corrected chi connectivity index (χ2v) is 11.9. The number of ether oxygens (including phenoxy) is 2. The van der Waals surface area contributed by atoms with Crippen molar-refractivity contribution >= 4 is 51.1 Å². The molecule has 2 aliphatic rings. The SMILES string of the molecule is O=C1C(=Cc2cc(-c3ccc4ccccc4c3)ccc2OCCN2CCOCC2)SC(=S)N1CCCCc1nn[nH]n1. The molecule has 0 aliphatic carbocycles. The van der Waals surface area contributed by atoms with E-state index in [9.17, 15) is 4.79 Å². The Kier molecular flexibility index (Phi) is 9.19. The summed E-state index contributed by atoms with van der Waals surface area (Å²) in [7, 11) is 0. The molecule has 0 atom stereocenters. The van der Waals surface area contributed by atoms with E-state index in [1.165, 1.54) is 22.5 Å². The minimum atomic E-state index is -0.0695. The monoisotopic (exact) mass is 600 g/mol. The van der Waals surface area contributed by atoms with E-state index < -0.39 is 0 Å². The van der Waals surface area contributed by atoms with Crippen LogP contribution in [0, 0.1) is 0 Å². The van der Waals surface area contributed by atoms with Gasteiger partial charge in [0, 0.05) is 38.2 Å². The summed E-state index contributed by atoms with van der Waals surface area (Å²) in [6.07, 6.45) is 4.26. The number of thioether (sulfide) groups is 1. The molecule has 1 aromatic heterocycles. The van der Waals surface area contributed by atoms with Gasteiger partial charge in [0.25, 0.3) is 5.91 Å². The molecule has 42 heavy (non-hydrogen) atoms. The van der Waals surface area contributed by atoms with Crippen molar-refractivity contribution < 1.29 is 14.3 Å². The van der Waals surface area contributed by atoms with Gasteiger partial charge in [-0.05, 0) is 59.0 Å². The van der Waals surface area contributed by atoms with E-state index in [0.717, 1.165) is 68.1 Å². The van der Waals surface area contributed by atoms with Gasteiger partial charge < -0.3 is 9.47 Å². The number of unbranched alkanes of at least 4 members (excludes halogenated alkanes) is 1. The number of morpholine rings is 1. The minimum Gasteiger partial charge on any atom is -0.492 e. The van der Waals surface area contributed by atoms with Crippen molar-refractivity contribution in [2.24, 2.45) is 0 Å². The van der Waals surface area contributed by atoms with Gasteiger partial charge in [-0.3, -0.25) is 14.6 Å². The number of tetrazole rings is 1. The highest BCUT2D eigenvalue weighted by Gasteiger charge is 2.31. The molecule has 0 saturated carbocycles. The lowest BCUT2D eigenvalue weighted by Gasteiger charge is -2.26. The molecule has 0 spiro atoms. The molecule has 216 valence electrons. The Hall–Kier alpha value is -3.64. The number of nitrogens with one attached hydrogen (secondary N) is 1. The average Bonchev–Trinajstić information content (AvgIpc) is 3.63. The topological polar surface area (TPSA) is 96.5 Å². The van der Waals surface area contributed by atoms with Crippen LogP contribution in [0.2, 0.25) is 0 Å². The Labute approximate surface area is 254 Å². The zero-order valence-electron chi connectivity index (χ0n) is 23.2. The molecule has 0 unspecified atom stereocenters. The molecule has 2 fully saturated rings. The summed E-state index contributed by atoms with van der Waals surface area (Å²) in [5.74, 6) is 1.35. The summed E-state index contributed by atoms with van der Waals surface area (Å²) in [6, 6.07) is 21.0. The zero-order chi connectivity index (χ0) is 28.7. The molecule has 3 aromatic carbocycles. The third kappa shape index (κ3) is 6.87. The summed E-state index contributed by atoms with van der Waals surface area (Å²) >= 11 is 6.95. The Balaban J connectivity index is 1.21. The number of amides is 1. The number of H-pyrrole nitrogens is 1. The summed E-state index contributed by atoms with van der Waals surface area (Å²) < 4.78 is 12.3. The zero-order valence-corrected chi connectivity index (χ0v) is 24.8. The van der Waals surface area contributed by atoms with E-state index in [-0.39, 0.29) is 5.91 Å². The highest BCUT2D eigenvalue weighted by molar-refractivity contribution is 8.26. The molecule has 2 saturated heterocycles. The number of aromatic amines is 1. The first-order chi connectivity index (χ1) is 20.6. The Morgan fingerprint density at radius 3 is 2.64 bits per heavy atom.